The summed E-state index contributed by atoms with van der Waals surface area (Å²) in [6.07, 6.45) is 3.74. The van der Waals surface area contributed by atoms with Crippen molar-refractivity contribution in [2.24, 2.45) is 0 Å². The molecule has 1 heterocycles. The highest BCUT2D eigenvalue weighted by Gasteiger charge is 2.26. The van der Waals surface area contributed by atoms with Crippen LogP contribution in [0.3, 0.4) is 0 Å². The molecule has 0 spiro atoms. The summed E-state index contributed by atoms with van der Waals surface area (Å²) in [5.41, 5.74) is 2.00. The molecule has 2 N–H and O–H groups in total. The fourth-order valence-electron chi connectivity index (χ4n) is 2.95. The van der Waals surface area contributed by atoms with Crippen molar-refractivity contribution in [2.75, 3.05) is 7.11 Å². The topological polar surface area (TPSA) is 50.2 Å². The van der Waals surface area contributed by atoms with Crippen LogP contribution >= 0.6 is 12.2 Å². The smallest absolute Gasteiger partial charge is 0.178 e. The van der Waals surface area contributed by atoms with Crippen molar-refractivity contribution in [3.63, 3.8) is 0 Å². The van der Waals surface area contributed by atoms with Crippen molar-refractivity contribution in [3.05, 3.63) is 23.0 Å². The molecular weight excluding hydrogens is 260 g/mol. The zero-order chi connectivity index (χ0) is 13.4. The second-order valence-electron chi connectivity index (χ2n) is 5.10. The fraction of sp³-hybridized carbons (Fsp3) is 0.500. The lowest BCUT2D eigenvalue weighted by Gasteiger charge is -2.29. The van der Waals surface area contributed by atoms with Crippen LogP contribution in [0.2, 0.25) is 0 Å². The lowest BCUT2D eigenvalue weighted by atomic mass is 9.92. The van der Waals surface area contributed by atoms with Gasteiger partial charge in [0.05, 0.1) is 30.3 Å². The van der Waals surface area contributed by atoms with Gasteiger partial charge in [-0.2, -0.15) is 0 Å². The Morgan fingerprint density at radius 2 is 2.16 bits per heavy atom. The standard InChI is InChI=1S/C14H18N2O2S/c1-18-9-6-7-10-12(8-9)16(14(19)15-10)11-4-2-3-5-13(11)17/h6-8,11,13,17H,2-5H2,1H3,(H,15,19). The maximum Gasteiger partial charge on any atom is 0.178 e. The SMILES string of the molecule is COc1ccc2[nH]c(=S)n(C3CCCCC3O)c2c1. The van der Waals surface area contributed by atoms with Gasteiger partial charge < -0.3 is 19.4 Å². The summed E-state index contributed by atoms with van der Waals surface area (Å²) >= 11 is 5.42. The van der Waals surface area contributed by atoms with E-state index in [1.807, 2.05) is 18.2 Å². The summed E-state index contributed by atoms with van der Waals surface area (Å²) in [6.45, 7) is 0. The van der Waals surface area contributed by atoms with Crippen molar-refractivity contribution in [1.82, 2.24) is 9.55 Å². The first-order valence-corrected chi connectivity index (χ1v) is 7.08. The van der Waals surface area contributed by atoms with E-state index in [-0.39, 0.29) is 12.1 Å². The summed E-state index contributed by atoms with van der Waals surface area (Å²) < 4.78 is 8.00. The Morgan fingerprint density at radius 1 is 1.37 bits per heavy atom. The molecule has 2 atom stereocenters. The minimum Gasteiger partial charge on any atom is -0.497 e. The number of aromatic nitrogens is 2. The second-order valence-corrected chi connectivity index (χ2v) is 5.49. The molecule has 2 unspecified atom stereocenters. The average Bonchev–Trinajstić information content (AvgIpc) is 2.74. The number of aliphatic hydroxyl groups is 1. The zero-order valence-corrected chi connectivity index (χ0v) is 11.7. The van der Waals surface area contributed by atoms with E-state index in [4.69, 9.17) is 17.0 Å². The van der Waals surface area contributed by atoms with Gasteiger partial charge in [0.15, 0.2) is 4.77 Å². The van der Waals surface area contributed by atoms with E-state index in [2.05, 4.69) is 9.55 Å². The Hall–Kier alpha value is -1.33. The predicted octanol–water partition coefficient (Wildman–Crippen LogP) is 3.18. The fourth-order valence-corrected chi connectivity index (χ4v) is 3.29. The molecule has 5 heteroatoms. The van der Waals surface area contributed by atoms with Crippen molar-refractivity contribution >= 4 is 23.3 Å². The molecule has 19 heavy (non-hydrogen) atoms. The van der Waals surface area contributed by atoms with Gasteiger partial charge in [-0.05, 0) is 37.2 Å². The van der Waals surface area contributed by atoms with Crippen LogP contribution in [0.15, 0.2) is 18.2 Å². The van der Waals surface area contributed by atoms with Crippen LogP contribution in [0.5, 0.6) is 5.75 Å². The number of aromatic amines is 1. The van der Waals surface area contributed by atoms with E-state index in [0.717, 1.165) is 42.5 Å². The van der Waals surface area contributed by atoms with Gasteiger partial charge in [0.25, 0.3) is 0 Å². The van der Waals surface area contributed by atoms with E-state index in [1.54, 1.807) is 7.11 Å². The first-order valence-electron chi connectivity index (χ1n) is 6.67. The molecule has 1 saturated carbocycles. The van der Waals surface area contributed by atoms with Crippen LogP contribution < -0.4 is 4.74 Å². The predicted molar refractivity (Wildman–Crippen MR) is 77.2 cm³/mol. The Morgan fingerprint density at radius 3 is 2.89 bits per heavy atom. The normalized spacial score (nSPS) is 23.7. The van der Waals surface area contributed by atoms with Crippen LogP contribution in [-0.4, -0.2) is 27.9 Å². The van der Waals surface area contributed by atoms with E-state index in [0.29, 0.717) is 4.77 Å². The number of benzene rings is 1. The third kappa shape index (κ3) is 2.17. The lowest BCUT2D eigenvalue weighted by molar-refractivity contribution is 0.0767. The molecule has 1 aromatic carbocycles. The Balaban J connectivity index is 2.15. The summed E-state index contributed by atoms with van der Waals surface area (Å²) in [6, 6.07) is 5.93. The number of fused-ring (bicyclic) bond motifs is 1. The minimum atomic E-state index is -0.314. The number of nitrogens with zero attached hydrogens (tertiary/aromatic N) is 1. The van der Waals surface area contributed by atoms with Gasteiger partial charge in [-0.15, -0.1) is 0 Å². The number of aliphatic hydroxyl groups excluding tert-OH is 1. The highest BCUT2D eigenvalue weighted by atomic mass is 32.1. The Labute approximate surface area is 117 Å². The molecule has 0 bridgehead atoms. The van der Waals surface area contributed by atoms with Crippen molar-refractivity contribution in [3.8, 4) is 5.75 Å². The van der Waals surface area contributed by atoms with Gasteiger partial charge in [0.2, 0.25) is 0 Å². The first kappa shape index (κ1) is 12.7. The monoisotopic (exact) mass is 278 g/mol. The molecule has 102 valence electrons. The van der Waals surface area contributed by atoms with E-state index in [9.17, 15) is 5.11 Å². The van der Waals surface area contributed by atoms with Crippen LogP contribution in [0, 0.1) is 4.77 Å². The van der Waals surface area contributed by atoms with E-state index >= 15 is 0 Å². The van der Waals surface area contributed by atoms with E-state index in [1.165, 1.54) is 0 Å². The maximum atomic E-state index is 10.2. The zero-order valence-electron chi connectivity index (χ0n) is 10.9. The molecule has 0 saturated heterocycles. The number of H-pyrrole nitrogens is 1. The number of rotatable bonds is 2. The number of methoxy groups -OCH3 is 1. The second kappa shape index (κ2) is 4.98. The van der Waals surface area contributed by atoms with Crippen LogP contribution in [-0.2, 0) is 0 Å². The molecule has 3 rings (SSSR count). The van der Waals surface area contributed by atoms with Gasteiger partial charge in [-0.3, -0.25) is 0 Å². The quantitative estimate of drug-likeness (QED) is 0.830. The lowest BCUT2D eigenvalue weighted by Crippen LogP contribution is -2.27. The van der Waals surface area contributed by atoms with Gasteiger partial charge in [-0.25, -0.2) is 0 Å². The van der Waals surface area contributed by atoms with Crippen LogP contribution in [0.1, 0.15) is 31.7 Å². The van der Waals surface area contributed by atoms with Crippen molar-refractivity contribution in [1.29, 1.82) is 0 Å². The largest absolute Gasteiger partial charge is 0.497 e. The summed E-state index contributed by atoms with van der Waals surface area (Å²) in [5.74, 6) is 0.806. The van der Waals surface area contributed by atoms with Gasteiger partial charge in [0.1, 0.15) is 5.75 Å². The summed E-state index contributed by atoms with van der Waals surface area (Å²) in [5, 5.41) is 10.2. The first-order chi connectivity index (χ1) is 9.20. The number of hydrogen-bond acceptors (Lipinski definition) is 3. The van der Waals surface area contributed by atoms with Gasteiger partial charge >= 0.3 is 0 Å². The van der Waals surface area contributed by atoms with Crippen LogP contribution in [0.4, 0.5) is 0 Å². The highest BCUT2D eigenvalue weighted by molar-refractivity contribution is 7.71. The molecule has 1 aromatic heterocycles. The number of imidazole rings is 1. The molecule has 4 nitrogen and oxygen atoms in total. The third-order valence-corrected chi connectivity index (χ3v) is 4.25. The number of nitrogens with one attached hydrogen (secondary N) is 1. The van der Waals surface area contributed by atoms with E-state index < -0.39 is 0 Å². The Kier molecular flexibility index (Phi) is 3.33. The number of ether oxygens (including phenoxy) is 1. The van der Waals surface area contributed by atoms with Gasteiger partial charge in [0, 0.05) is 6.07 Å². The van der Waals surface area contributed by atoms with Crippen molar-refractivity contribution in [2.45, 2.75) is 37.8 Å². The van der Waals surface area contributed by atoms with Crippen molar-refractivity contribution < 1.29 is 9.84 Å². The summed E-state index contributed by atoms with van der Waals surface area (Å²) in [7, 11) is 1.65. The molecule has 1 aliphatic carbocycles. The molecule has 1 aliphatic rings. The minimum absolute atomic E-state index is 0.0714. The average molecular weight is 278 g/mol. The highest BCUT2D eigenvalue weighted by Crippen LogP contribution is 2.32. The molecule has 1 fully saturated rings. The maximum absolute atomic E-state index is 10.2. The molecular formula is C14H18N2O2S. The number of hydrogen-bond donors (Lipinski definition) is 2. The summed E-state index contributed by atoms with van der Waals surface area (Å²) in [4.78, 5) is 3.21. The van der Waals surface area contributed by atoms with Gasteiger partial charge in [-0.1, -0.05) is 12.8 Å². The van der Waals surface area contributed by atoms with Crippen LogP contribution in [0.25, 0.3) is 11.0 Å². The molecule has 0 radical (unpaired) electrons. The molecule has 0 amide bonds. The molecule has 0 aliphatic heterocycles. The Bertz CT molecular complexity index is 646. The molecule has 2 aromatic rings. The third-order valence-electron chi connectivity index (χ3n) is 3.95.